The second-order valence-electron chi connectivity index (χ2n) is 5.39. The van der Waals surface area contributed by atoms with Crippen LogP contribution in [0, 0.1) is 11.8 Å². The normalized spacial score (nSPS) is 15.2. The maximum Gasteiger partial charge on any atom is 0.162 e. The summed E-state index contributed by atoms with van der Waals surface area (Å²) in [5.41, 5.74) is 15.3. The molecule has 0 fully saturated rings. The second-order valence-corrected chi connectivity index (χ2v) is 5.39. The highest BCUT2D eigenvalue weighted by molar-refractivity contribution is 5.88. The number of fused-ring (bicyclic) bond motifs is 1. The SMILES string of the molecule is COc1cc2c(cc1OC)C(N)N(c1ccccc1C#CCN)C=N2. The Morgan fingerprint density at radius 1 is 1.16 bits per heavy atom. The molecule has 0 saturated heterocycles. The number of ether oxygens (including phenoxy) is 2. The number of methoxy groups -OCH3 is 2. The summed E-state index contributed by atoms with van der Waals surface area (Å²) >= 11 is 0. The van der Waals surface area contributed by atoms with Crippen LogP contribution in [0.4, 0.5) is 11.4 Å². The van der Waals surface area contributed by atoms with E-state index in [4.69, 9.17) is 20.9 Å². The van der Waals surface area contributed by atoms with Crippen LogP contribution in [0.3, 0.4) is 0 Å². The van der Waals surface area contributed by atoms with E-state index < -0.39 is 6.17 Å². The summed E-state index contributed by atoms with van der Waals surface area (Å²) in [6.45, 7) is 0.300. The first-order valence-electron chi connectivity index (χ1n) is 7.81. The molecule has 0 aliphatic carbocycles. The van der Waals surface area contributed by atoms with E-state index in [-0.39, 0.29) is 0 Å². The van der Waals surface area contributed by atoms with Crippen molar-refractivity contribution in [2.75, 3.05) is 25.7 Å². The van der Waals surface area contributed by atoms with E-state index >= 15 is 0 Å². The van der Waals surface area contributed by atoms with Crippen molar-refractivity contribution in [2.45, 2.75) is 6.17 Å². The molecule has 1 heterocycles. The van der Waals surface area contributed by atoms with Gasteiger partial charge in [0.2, 0.25) is 0 Å². The van der Waals surface area contributed by atoms with Crippen molar-refractivity contribution in [3.05, 3.63) is 47.5 Å². The summed E-state index contributed by atoms with van der Waals surface area (Å²) < 4.78 is 10.7. The molecule has 0 bridgehead atoms. The molecule has 1 aliphatic rings. The number of aliphatic imine (C=N–C) groups is 1. The van der Waals surface area contributed by atoms with Crippen LogP contribution in [-0.4, -0.2) is 27.1 Å². The van der Waals surface area contributed by atoms with Gasteiger partial charge in [-0.2, -0.15) is 0 Å². The van der Waals surface area contributed by atoms with Gasteiger partial charge in [0, 0.05) is 17.2 Å². The highest BCUT2D eigenvalue weighted by atomic mass is 16.5. The zero-order chi connectivity index (χ0) is 17.8. The zero-order valence-corrected chi connectivity index (χ0v) is 14.2. The lowest BCUT2D eigenvalue weighted by molar-refractivity contribution is 0.354. The molecule has 1 atom stereocenters. The standard InChI is InChI=1S/C19H20N4O2/c1-24-17-10-14-15(11-18(17)25-2)22-12-23(19(14)21)16-8-4-3-6-13(16)7-5-9-20/h3-4,6,8,10-12,19H,9,20-21H2,1-2H3. The largest absolute Gasteiger partial charge is 0.493 e. The number of nitrogens with two attached hydrogens (primary N) is 2. The first-order valence-corrected chi connectivity index (χ1v) is 7.81. The average molecular weight is 336 g/mol. The van der Waals surface area contributed by atoms with Crippen molar-refractivity contribution in [3.8, 4) is 23.3 Å². The predicted molar refractivity (Wildman–Crippen MR) is 99.5 cm³/mol. The van der Waals surface area contributed by atoms with Crippen molar-refractivity contribution in [3.63, 3.8) is 0 Å². The van der Waals surface area contributed by atoms with Crippen molar-refractivity contribution < 1.29 is 9.47 Å². The molecule has 2 aromatic carbocycles. The zero-order valence-electron chi connectivity index (χ0n) is 14.2. The van der Waals surface area contributed by atoms with E-state index in [1.807, 2.05) is 41.3 Å². The number of hydrogen-bond donors (Lipinski definition) is 2. The van der Waals surface area contributed by atoms with Crippen LogP contribution in [0.15, 0.2) is 41.4 Å². The molecule has 4 N–H and O–H groups in total. The van der Waals surface area contributed by atoms with Gasteiger partial charge < -0.3 is 25.8 Å². The Kier molecular flexibility index (Phi) is 4.89. The second kappa shape index (κ2) is 7.26. The van der Waals surface area contributed by atoms with Gasteiger partial charge in [0.25, 0.3) is 0 Å². The third kappa shape index (κ3) is 3.15. The maximum absolute atomic E-state index is 6.50. The van der Waals surface area contributed by atoms with Gasteiger partial charge >= 0.3 is 0 Å². The number of para-hydroxylation sites is 1. The van der Waals surface area contributed by atoms with Crippen LogP contribution in [0.2, 0.25) is 0 Å². The average Bonchev–Trinajstić information content (AvgIpc) is 2.66. The van der Waals surface area contributed by atoms with E-state index in [1.165, 1.54) is 0 Å². The van der Waals surface area contributed by atoms with Crippen molar-refractivity contribution in [2.24, 2.45) is 16.5 Å². The molecule has 128 valence electrons. The molecule has 2 aromatic rings. The summed E-state index contributed by atoms with van der Waals surface area (Å²) in [5.74, 6) is 7.19. The van der Waals surface area contributed by atoms with Crippen LogP contribution in [0.5, 0.6) is 11.5 Å². The summed E-state index contributed by atoms with van der Waals surface area (Å²) in [7, 11) is 3.19. The van der Waals surface area contributed by atoms with Crippen LogP contribution in [-0.2, 0) is 0 Å². The third-order valence-corrected chi connectivity index (χ3v) is 3.98. The minimum Gasteiger partial charge on any atom is -0.493 e. The number of rotatable bonds is 3. The lowest BCUT2D eigenvalue weighted by atomic mass is 10.0. The Labute approximate surface area is 147 Å². The summed E-state index contributed by atoms with van der Waals surface area (Å²) in [6, 6.07) is 11.4. The molecule has 0 aromatic heterocycles. The summed E-state index contributed by atoms with van der Waals surface area (Å²) in [5, 5.41) is 0. The van der Waals surface area contributed by atoms with Crippen LogP contribution < -0.4 is 25.8 Å². The van der Waals surface area contributed by atoms with Crippen molar-refractivity contribution in [1.29, 1.82) is 0 Å². The monoisotopic (exact) mass is 336 g/mol. The molecule has 6 nitrogen and oxygen atoms in total. The molecule has 0 saturated carbocycles. The Morgan fingerprint density at radius 3 is 2.60 bits per heavy atom. The first-order chi connectivity index (χ1) is 12.2. The van der Waals surface area contributed by atoms with Crippen LogP contribution in [0.25, 0.3) is 0 Å². The molecule has 0 amide bonds. The topological polar surface area (TPSA) is 86.1 Å². The Bertz CT molecular complexity index is 867. The summed E-state index contributed by atoms with van der Waals surface area (Å²) in [4.78, 5) is 6.40. The molecule has 0 radical (unpaired) electrons. The Hall–Kier alpha value is -3.01. The van der Waals surface area contributed by atoms with E-state index in [9.17, 15) is 0 Å². The Morgan fingerprint density at radius 2 is 1.88 bits per heavy atom. The van der Waals surface area contributed by atoms with E-state index in [0.717, 1.165) is 22.5 Å². The van der Waals surface area contributed by atoms with Gasteiger partial charge in [-0.15, -0.1) is 0 Å². The van der Waals surface area contributed by atoms with Gasteiger partial charge in [-0.05, 0) is 18.2 Å². The quantitative estimate of drug-likeness (QED) is 0.839. The maximum atomic E-state index is 6.50. The van der Waals surface area contributed by atoms with Gasteiger partial charge in [0.15, 0.2) is 11.5 Å². The van der Waals surface area contributed by atoms with E-state index in [1.54, 1.807) is 20.6 Å². The minimum atomic E-state index is -0.423. The molecule has 3 rings (SSSR count). The molecular weight excluding hydrogens is 316 g/mol. The van der Waals surface area contributed by atoms with Crippen LogP contribution in [0.1, 0.15) is 17.3 Å². The van der Waals surface area contributed by atoms with Crippen molar-refractivity contribution in [1.82, 2.24) is 0 Å². The summed E-state index contributed by atoms with van der Waals surface area (Å²) in [6.07, 6.45) is 1.29. The number of anilines is 1. The van der Waals surface area contributed by atoms with Gasteiger partial charge in [-0.3, -0.25) is 0 Å². The lowest BCUT2D eigenvalue weighted by Crippen LogP contribution is -2.36. The lowest BCUT2D eigenvalue weighted by Gasteiger charge is -2.32. The van der Waals surface area contributed by atoms with E-state index in [0.29, 0.717) is 18.0 Å². The fourth-order valence-electron chi connectivity index (χ4n) is 2.74. The number of nitrogens with zero attached hydrogens (tertiary/aromatic N) is 2. The molecule has 0 spiro atoms. The van der Waals surface area contributed by atoms with E-state index in [2.05, 4.69) is 16.8 Å². The predicted octanol–water partition coefficient (Wildman–Crippen LogP) is 2.15. The molecular formula is C19H20N4O2. The molecule has 1 aliphatic heterocycles. The van der Waals surface area contributed by atoms with Crippen molar-refractivity contribution >= 4 is 17.7 Å². The highest BCUT2D eigenvalue weighted by Crippen LogP contribution is 2.41. The first kappa shape index (κ1) is 16.8. The van der Waals surface area contributed by atoms with Crippen LogP contribution >= 0.6 is 0 Å². The number of benzene rings is 2. The molecule has 25 heavy (non-hydrogen) atoms. The van der Waals surface area contributed by atoms with Gasteiger partial charge in [0.1, 0.15) is 6.17 Å². The minimum absolute atomic E-state index is 0.300. The third-order valence-electron chi connectivity index (χ3n) is 3.98. The smallest absolute Gasteiger partial charge is 0.162 e. The fourth-order valence-corrected chi connectivity index (χ4v) is 2.74. The molecule has 6 heteroatoms. The highest BCUT2D eigenvalue weighted by Gasteiger charge is 2.25. The van der Waals surface area contributed by atoms with Gasteiger partial charge in [-0.1, -0.05) is 24.0 Å². The fraction of sp³-hybridized carbons (Fsp3) is 0.211. The number of hydrogen-bond acceptors (Lipinski definition) is 6. The van der Waals surface area contributed by atoms with Gasteiger partial charge in [-0.25, -0.2) is 4.99 Å². The molecule has 1 unspecified atom stereocenters. The van der Waals surface area contributed by atoms with Gasteiger partial charge in [0.05, 0.1) is 38.5 Å². The Balaban J connectivity index is 2.05.